The SMILES string of the molecule is CCOC(=O)c1cnn(-c2ccc(Cl)cc2)c1C(C)(C)C. The molecule has 0 amide bonds. The Kier molecular flexibility index (Phi) is 4.37. The summed E-state index contributed by atoms with van der Waals surface area (Å²) >= 11 is 5.92. The third kappa shape index (κ3) is 3.27. The summed E-state index contributed by atoms with van der Waals surface area (Å²) in [7, 11) is 0. The summed E-state index contributed by atoms with van der Waals surface area (Å²) in [4.78, 5) is 12.1. The maximum atomic E-state index is 12.1. The summed E-state index contributed by atoms with van der Waals surface area (Å²) in [6.45, 7) is 8.25. The lowest BCUT2D eigenvalue weighted by atomic mass is 9.89. The van der Waals surface area contributed by atoms with Crippen molar-refractivity contribution >= 4 is 17.6 Å². The van der Waals surface area contributed by atoms with Crippen molar-refractivity contribution in [3.05, 3.63) is 46.7 Å². The fraction of sp³-hybridized carbons (Fsp3) is 0.375. The molecule has 5 heteroatoms. The number of hydrogen-bond donors (Lipinski definition) is 0. The zero-order valence-corrected chi connectivity index (χ0v) is 13.4. The first-order chi connectivity index (χ1) is 9.84. The van der Waals surface area contributed by atoms with E-state index in [0.717, 1.165) is 11.4 Å². The van der Waals surface area contributed by atoms with E-state index in [1.165, 1.54) is 0 Å². The number of carbonyl (C=O) groups is 1. The highest BCUT2D eigenvalue weighted by molar-refractivity contribution is 6.30. The van der Waals surface area contributed by atoms with E-state index in [9.17, 15) is 4.79 Å². The van der Waals surface area contributed by atoms with E-state index in [1.54, 1.807) is 29.9 Å². The van der Waals surface area contributed by atoms with Gasteiger partial charge in [-0.1, -0.05) is 32.4 Å². The zero-order valence-electron chi connectivity index (χ0n) is 12.7. The minimum atomic E-state index is -0.345. The molecule has 0 spiro atoms. The summed E-state index contributed by atoms with van der Waals surface area (Å²) < 4.78 is 6.89. The highest BCUT2D eigenvalue weighted by Crippen LogP contribution is 2.29. The van der Waals surface area contributed by atoms with Gasteiger partial charge in [0.1, 0.15) is 5.56 Å². The Bertz CT molecular complexity index is 639. The molecule has 1 aromatic carbocycles. The highest BCUT2D eigenvalue weighted by Gasteiger charge is 2.28. The Morgan fingerprint density at radius 1 is 1.29 bits per heavy atom. The van der Waals surface area contributed by atoms with Gasteiger partial charge in [-0.25, -0.2) is 9.48 Å². The van der Waals surface area contributed by atoms with Crippen LogP contribution in [0, 0.1) is 0 Å². The fourth-order valence-corrected chi connectivity index (χ4v) is 2.33. The highest BCUT2D eigenvalue weighted by atomic mass is 35.5. The number of aromatic nitrogens is 2. The van der Waals surface area contributed by atoms with Crippen LogP contribution in [0.5, 0.6) is 0 Å². The molecule has 0 aliphatic heterocycles. The van der Waals surface area contributed by atoms with E-state index < -0.39 is 0 Å². The standard InChI is InChI=1S/C16H19ClN2O2/c1-5-21-15(20)13-10-18-19(14(13)16(2,3)4)12-8-6-11(17)7-9-12/h6-10H,5H2,1-4H3. The molecule has 4 nitrogen and oxygen atoms in total. The molecule has 0 atom stereocenters. The number of nitrogens with zero attached hydrogens (tertiary/aromatic N) is 2. The van der Waals surface area contributed by atoms with Gasteiger partial charge in [0, 0.05) is 10.4 Å². The first-order valence-corrected chi connectivity index (χ1v) is 7.24. The Morgan fingerprint density at radius 3 is 2.43 bits per heavy atom. The Morgan fingerprint density at radius 2 is 1.90 bits per heavy atom. The van der Waals surface area contributed by atoms with Crippen LogP contribution in [-0.2, 0) is 10.2 Å². The minimum absolute atomic E-state index is 0.252. The molecular weight excluding hydrogens is 288 g/mol. The third-order valence-corrected chi connectivity index (χ3v) is 3.30. The van der Waals surface area contributed by atoms with E-state index in [2.05, 4.69) is 5.10 Å². The molecule has 2 rings (SSSR count). The number of hydrogen-bond acceptors (Lipinski definition) is 3. The maximum absolute atomic E-state index is 12.1. The van der Waals surface area contributed by atoms with E-state index in [1.807, 2.05) is 32.9 Å². The zero-order chi connectivity index (χ0) is 15.6. The van der Waals surface area contributed by atoms with Crippen molar-refractivity contribution in [2.24, 2.45) is 0 Å². The largest absolute Gasteiger partial charge is 0.462 e. The predicted octanol–water partition coefficient (Wildman–Crippen LogP) is 4.00. The molecule has 0 aliphatic rings. The monoisotopic (exact) mass is 306 g/mol. The number of rotatable bonds is 3. The molecule has 1 aromatic heterocycles. The maximum Gasteiger partial charge on any atom is 0.341 e. The smallest absolute Gasteiger partial charge is 0.341 e. The molecule has 0 fully saturated rings. The van der Waals surface area contributed by atoms with Gasteiger partial charge in [-0.05, 0) is 31.2 Å². The second kappa shape index (κ2) is 5.90. The van der Waals surface area contributed by atoms with Crippen LogP contribution in [0.4, 0.5) is 0 Å². The average Bonchev–Trinajstić information content (AvgIpc) is 2.84. The van der Waals surface area contributed by atoms with Crippen molar-refractivity contribution in [1.82, 2.24) is 9.78 Å². The molecule has 1 heterocycles. The molecule has 0 saturated carbocycles. The lowest BCUT2D eigenvalue weighted by Gasteiger charge is -2.22. The van der Waals surface area contributed by atoms with E-state index >= 15 is 0 Å². The third-order valence-electron chi connectivity index (χ3n) is 3.05. The van der Waals surface area contributed by atoms with Crippen LogP contribution >= 0.6 is 11.6 Å². The molecule has 0 unspecified atom stereocenters. The van der Waals surface area contributed by atoms with Crippen LogP contribution in [0.15, 0.2) is 30.5 Å². The second-order valence-electron chi connectivity index (χ2n) is 5.77. The van der Waals surface area contributed by atoms with E-state index in [0.29, 0.717) is 17.2 Å². The molecule has 112 valence electrons. The van der Waals surface area contributed by atoms with Crippen LogP contribution in [-0.4, -0.2) is 22.4 Å². The Labute approximate surface area is 129 Å². The van der Waals surface area contributed by atoms with E-state index in [-0.39, 0.29) is 11.4 Å². The number of ether oxygens (including phenoxy) is 1. The normalized spacial score (nSPS) is 11.5. The molecular formula is C16H19ClN2O2. The quantitative estimate of drug-likeness (QED) is 0.805. The lowest BCUT2D eigenvalue weighted by Crippen LogP contribution is -2.21. The first kappa shape index (κ1) is 15.6. The van der Waals surface area contributed by atoms with Crippen LogP contribution in [0.1, 0.15) is 43.7 Å². The van der Waals surface area contributed by atoms with Gasteiger partial charge in [0.15, 0.2) is 0 Å². The van der Waals surface area contributed by atoms with Gasteiger partial charge >= 0.3 is 5.97 Å². The molecule has 0 N–H and O–H groups in total. The van der Waals surface area contributed by atoms with Crippen molar-refractivity contribution in [2.45, 2.75) is 33.1 Å². The molecule has 0 saturated heterocycles. The molecule has 2 aromatic rings. The molecule has 0 radical (unpaired) electrons. The van der Waals surface area contributed by atoms with Crippen molar-refractivity contribution in [3.63, 3.8) is 0 Å². The Hall–Kier alpha value is -1.81. The van der Waals surface area contributed by atoms with Gasteiger partial charge in [0.2, 0.25) is 0 Å². The number of carbonyl (C=O) groups excluding carboxylic acids is 1. The van der Waals surface area contributed by atoms with Crippen molar-refractivity contribution < 1.29 is 9.53 Å². The number of benzene rings is 1. The number of halogens is 1. The molecule has 21 heavy (non-hydrogen) atoms. The van der Waals surface area contributed by atoms with Crippen molar-refractivity contribution in [1.29, 1.82) is 0 Å². The lowest BCUT2D eigenvalue weighted by molar-refractivity contribution is 0.0523. The summed E-state index contributed by atoms with van der Waals surface area (Å²) in [5.74, 6) is -0.345. The van der Waals surface area contributed by atoms with Crippen molar-refractivity contribution in [3.8, 4) is 5.69 Å². The van der Waals surface area contributed by atoms with Gasteiger partial charge in [0.25, 0.3) is 0 Å². The predicted molar refractivity (Wildman–Crippen MR) is 83.2 cm³/mol. The second-order valence-corrected chi connectivity index (χ2v) is 6.20. The number of esters is 1. The molecule has 0 bridgehead atoms. The van der Waals surface area contributed by atoms with Gasteiger partial charge in [-0.2, -0.15) is 5.10 Å². The topological polar surface area (TPSA) is 44.1 Å². The summed E-state index contributed by atoms with van der Waals surface area (Å²) in [5, 5.41) is 5.02. The van der Waals surface area contributed by atoms with Gasteiger partial charge in [0.05, 0.1) is 24.2 Å². The fourth-order valence-electron chi connectivity index (χ4n) is 2.21. The van der Waals surface area contributed by atoms with Gasteiger partial charge in [-0.15, -0.1) is 0 Å². The van der Waals surface area contributed by atoms with Crippen LogP contribution < -0.4 is 0 Å². The van der Waals surface area contributed by atoms with Crippen LogP contribution in [0.2, 0.25) is 5.02 Å². The molecule has 0 aliphatic carbocycles. The van der Waals surface area contributed by atoms with Crippen LogP contribution in [0.25, 0.3) is 5.69 Å². The van der Waals surface area contributed by atoms with Gasteiger partial charge in [-0.3, -0.25) is 0 Å². The van der Waals surface area contributed by atoms with Crippen molar-refractivity contribution in [2.75, 3.05) is 6.61 Å². The van der Waals surface area contributed by atoms with Crippen LogP contribution in [0.3, 0.4) is 0 Å². The van der Waals surface area contributed by atoms with Gasteiger partial charge < -0.3 is 4.74 Å². The van der Waals surface area contributed by atoms with E-state index in [4.69, 9.17) is 16.3 Å². The first-order valence-electron chi connectivity index (χ1n) is 6.86. The average molecular weight is 307 g/mol. The minimum Gasteiger partial charge on any atom is -0.462 e. The summed E-state index contributed by atoms with van der Waals surface area (Å²) in [6, 6.07) is 7.35. The Balaban J connectivity index is 2.57. The summed E-state index contributed by atoms with van der Waals surface area (Å²) in [6.07, 6.45) is 1.56. The summed E-state index contributed by atoms with van der Waals surface area (Å²) in [5.41, 5.74) is 1.93.